The number of carbonyl (C=O) groups is 1. The summed E-state index contributed by atoms with van der Waals surface area (Å²) in [5, 5.41) is 10.1. The van der Waals surface area contributed by atoms with E-state index in [1.165, 1.54) is 0 Å². The molecule has 10 aromatic carbocycles. The Morgan fingerprint density at radius 1 is 0.256 bits per heavy atom. The number of carboxylic acids is 1. The number of nitrogens with one attached hydrogen (secondary N) is 2. The predicted molar refractivity (Wildman–Crippen MR) is 372 cm³/mol. The molecular formula is C81H57N7O2. The predicted octanol–water partition coefficient (Wildman–Crippen LogP) is 21.4. The monoisotopic (exact) mass is 1160 g/mol. The first-order valence-electron chi connectivity index (χ1n) is 30.0. The van der Waals surface area contributed by atoms with Gasteiger partial charge >= 0.3 is 5.97 Å². The number of aromatic amines is 2. The van der Waals surface area contributed by atoms with Crippen LogP contribution in [-0.2, 0) is 0 Å². The van der Waals surface area contributed by atoms with Crippen LogP contribution in [0.5, 0.6) is 0 Å². The van der Waals surface area contributed by atoms with Gasteiger partial charge in [0.15, 0.2) is 0 Å². The number of benzene rings is 10. The van der Waals surface area contributed by atoms with Gasteiger partial charge in [0.1, 0.15) is 0 Å². The molecule has 0 saturated carbocycles. The minimum atomic E-state index is -0.996. The topological polar surface area (TPSA) is 104 Å². The first-order chi connectivity index (χ1) is 44.5. The van der Waals surface area contributed by atoms with Crippen molar-refractivity contribution in [3.8, 4) is 44.5 Å². The van der Waals surface area contributed by atoms with Gasteiger partial charge in [-0.2, -0.15) is 0 Å². The summed E-state index contributed by atoms with van der Waals surface area (Å²) in [4.78, 5) is 38.2. The van der Waals surface area contributed by atoms with Crippen molar-refractivity contribution in [3.05, 3.63) is 332 Å². The summed E-state index contributed by atoms with van der Waals surface area (Å²) in [7, 11) is 0. The molecule has 3 N–H and O–H groups in total. The van der Waals surface area contributed by atoms with Crippen LogP contribution in [0.25, 0.3) is 90.9 Å². The van der Waals surface area contributed by atoms with Crippen LogP contribution in [0.2, 0.25) is 0 Å². The quantitative estimate of drug-likeness (QED) is 0.0996. The lowest BCUT2D eigenvalue weighted by molar-refractivity contribution is 0.0697. The van der Waals surface area contributed by atoms with E-state index in [-0.39, 0.29) is 5.56 Å². The van der Waals surface area contributed by atoms with Gasteiger partial charge in [0.05, 0.1) is 28.3 Å². The van der Waals surface area contributed by atoms with Crippen LogP contribution >= 0.6 is 0 Å². The highest BCUT2D eigenvalue weighted by molar-refractivity contribution is 6.01. The maximum Gasteiger partial charge on any atom is 0.335 e. The van der Waals surface area contributed by atoms with Gasteiger partial charge < -0.3 is 29.8 Å². The molecule has 0 atom stereocenters. The SMILES string of the molecule is O=C(O)c1ccc(-c2c3nc(c(-c4ccc(N(c5ccccc5)c5ccccc5)cc4)c4ccc([nH]4)c(-c4ccc(N(c5ccccc5)c5ccccc5)cc4)c4nc(c(-c5ccc(N(c6ccccc6)c6ccccc6)cc5)c5ccc2[nH]5)C=C4)C=C3)cc1. The molecule has 13 aromatic rings. The fraction of sp³-hybridized carbons (Fsp3) is 0. The van der Waals surface area contributed by atoms with Crippen LogP contribution in [0.1, 0.15) is 33.1 Å². The Labute approximate surface area is 521 Å². The number of hydrogen-bond acceptors (Lipinski definition) is 6. The van der Waals surface area contributed by atoms with Crippen molar-refractivity contribution < 1.29 is 9.90 Å². The maximum atomic E-state index is 12.3. The van der Waals surface area contributed by atoms with Gasteiger partial charge in [-0.25, -0.2) is 14.8 Å². The van der Waals surface area contributed by atoms with Gasteiger partial charge in [-0.15, -0.1) is 0 Å². The zero-order valence-corrected chi connectivity index (χ0v) is 48.8. The zero-order valence-electron chi connectivity index (χ0n) is 48.8. The Kier molecular flexibility index (Phi) is 14.4. The minimum Gasteiger partial charge on any atom is -0.478 e. The van der Waals surface area contributed by atoms with E-state index >= 15 is 0 Å². The lowest BCUT2D eigenvalue weighted by atomic mass is 10.0. The summed E-state index contributed by atoms with van der Waals surface area (Å²) in [5.74, 6) is -0.996. The van der Waals surface area contributed by atoms with E-state index < -0.39 is 5.97 Å². The largest absolute Gasteiger partial charge is 0.478 e. The van der Waals surface area contributed by atoms with Crippen molar-refractivity contribution in [1.29, 1.82) is 0 Å². The number of aromatic carboxylic acids is 1. The van der Waals surface area contributed by atoms with Crippen molar-refractivity contribution in [1.82, 2.24) is 19.9 Å². The average molecular weight is 1160 g/mol. The molecule has 5 heterocycles. The summed E-state index contributed by atoms with van der Waals surface area (Å²) in [6.45, 7) is 0. The van der Waals surface area contributed by atoms with Gasteiger partial charge in [0.2, 0.25) is 0 Å². The van der Waals surface area contributed by atoms with Gasteiger partial charge in [0, 0.05) is 95.5 Å². The number of H-pyrrole nitrogens is 2. The number of rotatable bonds is 14. The Morgan fingerprint density at radius 3 is 0.667 bits per heavy atom. The molecule has 0 spiro atoms. The molecule has 15 rings (SSSR count). The van der Waals surface area contributed by atoms with E-state index in [0.717, 1.165) is 135 Å². The van der Waals surface area contributed by atoms with Crippen LogP contribution in [0.15, 0.2) is 303 Å². The van der Waals surface area contributed by atoms with Crippen LogP contribution in [0.4, 0.5) is 51.2 Å². The molecule has 3 aromatic heterocycles. The third kappa shape index (κ3) is 10.6. The summed E-state index contributed by atoms with van der Waals surface area (Å²) in [5.41, 5.74) is 23.1. The number of carboxylic acid groups (broad SMARTS) is 1. The summed E-state index contributed by atoms with van der Waals surface area (Å²) >= 11 is 0. The molecule has 2 aliphatic rings. The second-order valence-corrected chi connectivity index (χ2v) is 22.0. The smallest absolute Gasteiger partial charge is 0.335 e. The highest BCUT2D eigenvalue weighted by Gasteiger charge is 2.22. The molecule has 0 aliphatic carbocycles. The van der Waals surface area contributed by atoms with Crippen molar-refractivity contribution >= 4 is 104 Å². The summed E-state index contributed by atoms with van der Waals surface area (Å²) in [6, 6.07) is 104. The number of anilines is 9. The number of aromatic nitrogens is 4. The maximum absolute atomic E-state index is 12.3. The van der Waals surface area contributed by atoms with Crippen molar-refractivity contribution in [3.63, 3.8) is 0 Å². The summed E-state index contributed by atoms with van der Waals surface area (Å²) < 4.78 is 0. The molecule has 9 heteroatoms. The molecule has 2 aliphatic heterocycles. The highest BCUT2D eigenvalue weighted by atomic mass is 16.4. The van der Waals surface area contributed by atoms with E-state index in [2.05, 4.69) is 292 Å². The lowest BCUT2D eigenvalue weighted by Crippen LogP contribution is -2.09. The van der Waals surface area contributed by atoms with Gasteiger partial charge in [-0.3, -0.25) is 0 Å². The normalized spacial score (nSPS) is 11.6. The first-order valence-corrected chi connectivity index (χ1v) is 30.0. The molecule has 90 heavy (non-hydrogen) atoms. The number of nitrogens with zero attached hydrogens (tertiary/aromatic N) is 5. The van der Waals surface area contributed by atoms with Gasteiger partial charge in [-0.05, 0) is 192 Å². The standard InChI is InChI=1S/C81H57N7O2/c89-81(90)59-33-31-55(32-34-59)77-69-47-49-71(82-69)78(56-35-41-66(42-36-56)86(60-19-7-1-8-20-60)61-21-9-2-10-22-61)73-51-53-75(84-73)80(58-39-45-68(46-40-58)88(64-27-15-5-16-28-64)65-29-17-6-18-30-65)76-54-52-74(85-76)79(72-50-48-70(77)83-72)57-37-43-67(44-38-57)87(62-23-11-3-12-24-62)63-25-13-4-14-26-63/h1-54,82,85H,(H,89,90). The molecule has 0 radical (unpaired) electrons. The molecule has 0 unspecified atom stereocenters. The average Bonchev–Trinajstić information content (AvgIpc) is 1.90. The number of hydrogen-bond donors (Lipinski definition) is 3. The third-order valence-electron chi connectivity index (χ3n) is 16.5. The van der Waals surface area contributed by atoms with Crippen molar-refractivity contribution in [2.45, 2.75) is 0 Å². The van der Waals surface area contributed by atoms with Crippen LogP contribution in [-0.4, -0.2) is 31.0 Å². The van der Waals surface area contributed by atoms with Crippen molar-refractivity contribution in [2.75, 3.05) is 14.7 Å². The fourth-order valence-corrected chi connectivity index (χ4v) is 12.3. The second kappa shape index (κ2) is 23.9. The Bertz CT molecular complexity index is 4730. The fourth-order valence-electron chi connectivity index (χ4n) is 12.3. The van der Waals surface area contributed by atoms with Gasteiger partial charge in [-0.1, -0.05) is 158 Å². The van der Waals surface area contributed by atoms with Crippen molar-refractivity contribution in [2.24, 2.45) is 0 Å². The van der Waals surface area contributed by atoms with E-state index in [0.29, 0.717) is 5.69 Å². The molecule has 0 amide bonds. The van der Waals surface area contributed by atoms with Crippen LogP contribution < -0.4 is 14.7 Å². The van der Waals surface area contributed by atoms with E-state index in [1.807, 2.05) is 48.5 Å². The Balaban J connectivity index is 0.975. The van der Waals surface area contributed by atoms with E-state index in [1.54, 1.807) is 12.1 Å². The Morgan fingerprint density at radius 2 is 0.456 bits per heavy atom. The molecule has 8 bridgehead atoms. The number of para-hydroxylation sites is 6. The molecule has 0 saturated heterocycles. The van der Waals surface area contributed by atoms with E-state index in [9.17, 15) is 9.90 Å². The molecule has 428 valence electrons. The molecule has 0 fully saturated rings. The zero-order chi connectivity index (χ0) is 60.3. The molecular weight excluding hydrogens is 1100 g/mol. The lowest BCUT2D eigenvalue weighted by Gasteiger charge is -2.25. The van der Waals surface area contributed by atoms with Gasteiger partial charge in [0.25, 0.3) is 0 Å². The second-order valence-electron chi connectivity index (χ2n) is 22.0. The Hall–Kier alpha value is -12.3. The van der Waals surface area contributed by atoms with E-state index in [4.69, 9.17) is 9.97 Å². The summed E-state index contributed by atoms with van der Waals surface area (Å²) in [6.07, 6.45) is 8.39. The first kappa shape index (κ1) is 54.3. The number of fused-ring (bicyclic) bond motifs is 8. The minimum absolute atomic E-state index is 0.194. The highest BCUT2D eigenvalue weighted by Crippen LogP contribution is 2.43. The third-order valence-corrected chi connectivity index (χ3v) is 16.5. The van der Waals surface area contributed by atoms with Crippen LogP contribution in [0.3, 0.4) is 0 Å². The van der Waals surface area contributed by atoms with Crippen LogP contribution in [0, 0.1) is 0 Å². The molecule has 9 nitrogen and oxygen atoms in total.